The molecule has 26 heavy (non-hydrogen) atoms. The summed E-state index contributed by atoms with van der Waals surface area (Å²) in [4.78, 5) is 13.0. The SMILES string of the molecule is C=CCn1c(C(=O)Nc2cccc(Cl)c2)c(C)c2cc(C(C)C)ccc21. The van der Waals surface area contributed by atoms with Gasteiger partial charge in [0.15, 0.2) is 0 Å². The Morgan fingerprint density at radius 2 is 2.04 bits per heavy atom. The molecule has 1 aromatic heterocycles. The number of nitrogens with one attached hydrogen (secondary N) is 1. The lowest BCUT2D eigenvalue weighted by Crippen LogP contribution is -2.18. The van der Waals surface area contributed by atoms with Crippen LogP contribution in [0.15, 0.2) is 55.1 Å². The predicted molar refractivity (Wildman–Crippen MR) is 110 cm³/mol. The lowest BCUT2D eigenvalue weighted by Gasteiger charge is -2.10. The summed E-state index contributed by atoms with van der Waals surface area (Å²) in [6, 6.07) is 13.6. The van der Waals surface area contributed by atoms with Gasteiger partial charge in [-0.3, -0.25) is 4.79 Å². The third-order valence-electron chi connectivity index (χ3n) is 4.62. The van der Waals surface area contributed by atoms with Gasteiger partial charge in [0, 0.05) is 28.2 Å². The molecule has 3 nitrogen and oxygen atoms in total. The van der Waals surface area contributed by atoms with Gasteiger partial charge in [-0.1, -0.05) is 43.7 Å². The fraction of sp³-hybridized carbons (Fsp3) is 0.227. The van der Waals surface area contributed by atoms with Crippen LogP contribution < -0.4 is 5.32 Å². The summed E-state index contributed by atoms with van der Waals surface area (Å²) in [5.41, 5.74) is 4.62. The van der Waals surface area contributed by atoms with Crippen molar-refractivity contribution in [2.45, 2.75) is 33.2 Å². The monoisotopic (exact) mass is 366 g/mol. The number of hydrogen-bond acceptors (Lipinski definition) is 1. The zero-order chi connectivity index (χ0) is 18.8. The summed E-state index contributed by atoms with van der Waals surface area (Å²) in [5.74, 6) is 0.291. The Bertz CT molecular complexity index is 985. The number of carbonyl (C=O) groups is 1. The van der Waals surface area contributed by atoms with Crippen molar-refractivity contribution in [3.63, 3.8) is 0 Å². The van der Waals surface area contributed by atoms with Gasteiger partial charge in [0.25, 0.3) is 5.91 Å². The standard InChI is InChI=1S/C22H23ClN2O/c1-5-11-25-20-10-9-16(14(2)3)12-19(20)15(4)21(25)22(26)24-18-8-6-7-17(23)13-18/h5-10,12-14H,1,11H2,2-4H3,(H,24,26). The van der Waals surface area contributed by atoms with Crippen LogP contribution in [0, 0.1) is 6.92 Å². The molecule has 0 bridgehead atoms. The maximum atomic E-state index is 13.0. The highest BCUT2D eigenvalue weighted by Crippen LogP contribution is 2.30. The van der Waals surface area contributed by atoms with Gasteiger partial charge >= 0.3 is 0 Å². The first kappa shape index (κ1) is 18.3. The van der Waals surface area contributed by atoms with Gasteiger partial charge in [-0.25, -0.2) is 0 Å². The largest absolute Gasteiger partial charge is 0.332 e. The van der Waals surface area contributed by atoms with Crippen molar-refractivity contribution >= 4 is 34.1 Å². The predicted octanol–water partition coefficient (Wildman–Crippen LogP) is 6.16. The van der Waals surface area contributed by atoms with E-state index in [-0.39, 0.29) is 5.91 Å². The molecule has 134 valence electrons. The number of benzene rings is 2. The number of amides is 1. The molecule has 1 heterocycles. The molecule has 0 aliphatic rings. The number of rotatable bonds is 5. The van der Waals surface area contributed by atoms with E-state index in [1.807, 2.05) is 29.7 Å². The summed E-state index contributed by atoms with van der Waals surface area (Å²) < 4.78 is 2.02. The minimum absolute atomic E-state index is 0.145. The Labute approximate surface area is 159 Å². The van der Waals surface area contributed by atoms with E-state index in [1.54, 1.807) is 12.1 Å². The molecule has 0 saturated heterocycles. The van der Waals surface area contributed by atoms with Crippen molar-refractivity contribution in [3.8, 4) is 0 Å². The summed E-state index contributed by atoms with van der Waals surface area (Å²) in [6.45, 7) is 10.8. The van der Waals surface area contributed by atoms with E-state index in [1.165, 1.54) is 5.56 Å². The number of aromatic nitrogens is 1. The molecule has 0 radical (unpaired) electrons. The van der Waals surface area contributed by atoms with Crippen molar-refractivity contribution in [1.82, 2.24) is 4.57 Å². The van der Waals surface area contributed by atoms with E-state index in [2.05, 4.69) is 43.9 Å². The normalized spacial score (nSPS) is 11.1. The maximum Gasteiger partial charge on any atom is 0.272 e. The molecule has 1 N–H and O–H groups in total. The van der Waals surface area contributed by atoms with Gasteiger partial charge in [0.2, 0.25) is 0 Å². The van der Waals surface area contributed by atoms with Crippen LogP contribution >= 0.6 is 11.6 Å². The number of fused-ring (bicyclic) bond motifs is 1. The topological polar surface area (TPSA) is 34.0 Å². The smallest absolute Gasteiger partial charge is 0.272 e. The van der Waals surface area contributed by atoms with E-state index in [0.717, 1.165) is 16.5 Å². The van der Waals surface area contributed by atoms with Crippen molar-refractivity contribution in [3.05, 3.63) is 77.0 Å². The second-order valence-electron chi connectivity index (χ2n) is 6.77. The molecular weight excluding hydrogens is 344 g/mol. The molecule has 0 saturated carbocycles. The molecule has 4 heteroatoms. The molecule has 1 amide bonds. The minimum atomic E-state index is -0.145. The van der Waals surface area contributed by atoms with Gasteiger partial charge in [0.05, 0.1) is 0 Å². The fourth-order valence-corrected chi connectivity index (χ4v) is 3.46. The van der Waals surface area contributed by atoms with Crippen LogP contribution in [0.1, 0.15) is 41.4 Å². The number of allylic oxidation sites excluding steroid dienone is 1. The number of hydrogen-bond donors (Lipinski definition) is 1. The Kier molecular flexibility index (Phi) is 5.19. The second-order valence-corrected chi connectivity index (χ2v) is 7.21. The molecule has 0 aliphatic carbocycles. The number of aryl methyl sites for hydroxylation is 1. The highest BCUT2D eigenvalue weighted by Gasteiger charge is 2.20. The molecule has 2 aromatic carbocycles. The summed E-state index contributed by atoms with van der Waals surface area (Å²) in [6.07, 6.45) is 1.81. The van der Waals surface area contributed by atoms with E-state index < -0.39 is 0 Å². The summed E-state index contributed by atoms with van der Waals surface area (Å²) >= 11 is 6.03. The average molecular weight is 367 g/mol. The quantitative estimate of drug-likeness (QED) is 0.538. The van der Waals surface area contributed by atoms with Crippen LogP contribution in [0.5, 0.6) is 0 Å². The third-order valence-corrected chi connectivity index (χ3v) is 4.85. The number of carbonyl (C=O) groups excluding carboxylic acids is 1. The molecule has 0 atom stereocenters. The Hall–Kier alpha value is -2.52. The molecule has 0 unspecified atom stereocenters. The van der Waals surface area contributed by atoms with Crippen LogP contribution in [0.2, 0.25) is 5.02 Å². The average Bonchev–Trinajstić information content (AvgIpc) is 2.87. The van der Waals surface area contributed by atoms with Crippen LogP contribution in [-0.4, -0.2) is 10.5 Å². The highest BCUT2D eigenvalue weighted by atomic mass is 35.5. The Morgan fingerprint density at radius 3 is 2.69 bits per heavy atom. The van der Waals surface area contributed by atoms with E-state index in [0.29, 0.717) is 28.9 Å². The first-order valence-electron chi connectivity index (χ1n) is 8.73. The molecule has 0 fully saturated rings. The number of nitrogens with zero attached hydrogens (tertiary/aromatic N) is 1. The molecule has 3 aromatic rings. The van der Waals surface area contributed by atoms with Crippen molar-refractivity contribution in [2.24, 2.45) is 0 Å². The molecule has 0 aliphatic heterocycles. The van der Waals surface area contributed by atoms with Crippen LogP contribution in [0.4, 0.5) is 5.69 Å². The third kappa shape index (κ3) is 3.40. The minimum Gasteiger partial charge on any atom is -0.332 e. The van der Waals surface area contributed by atoms with Crippen LogP contribution in [0.25, 0.3) is 10.9 Å². The lowest BCUT2D eigenvalue weighted by molar-refractivity contribution is 0.101. The molecular formula is C22H23ClN2O. The maximum absolute atomic E-state index is 13.0. The first-order valence-corrected chi connectivity index (χ1v) is 9.10. The van der Waals surface area contributed by atoms with E-state index >= 15 is 0 Å². The lowest BCUT2D eigenvalue weighted by atomic mass is 10.0. The highest BCUT2D eigenvalue weighted by molar-refractivity contribution is 6.31. The molecule has 3 rings (SSSR count). The van der Waals surface area contributed by atoms with Crippen LogP contribution in [0.3, 0.4) is 0 Å². The van der Waals surface area contributed by atoms with Crippen molar-refractivity contribution < 1.29 is 4.79 Å². The van der Waals surface area contributed by atoms with Crippen LogP contribution in [-0.2, 0) is 6.54 Å². The first-order chi connectivity index (χ1) is 12.4. The van der Waals surface area contributed by atoms with Crippen molar-refractivity contribution in [1.29, 1.82) is 0 Å². The van der Waals surface area contributed by atoms with E-state index in [9.17, 15) is 4.79 Å². The summed E-state index contributed by atoms with van der Waals surface area (Å²) in [5, 5.41) is 4.65. The number of anilines is 1. The van der Waals surface area contributed by atoms with Gasteiger partial charge in [-0.05, 0) is 54.3 Å². The van der Waals surface area contributed by atoms with Gasteiger partial charge in [-0.2, -0.15) is 0 Å². The fourth-order valence-electron chi connectivity index (χ4n) is 3.27. The van der Waals surface area contributed by atoms with E-state index in [4.69, 9.17) is 11.6 Å². The zero-order valence-corrected chi connectivity index (χ0v) is 16.1. The Morgan fingerprint density at radius 1 is 1.27 bits per heavy atom. The summed E-state index contributed by atoms with van der Waals surface area (Å²) in [7, 11) is 0. The van der Waals surface area contributed by atoms with Gasteiger partial charge < -0.3 is 9.88 Å². The molecule has 0 spiro atoms. The van der Waals surface area contributed by atoms with Gasteiger partial charge in [-0.15, -0.1) is 6.58 Å². The Balaban J connectivity index is 2.11. The zero-order valence-electron chi connectivity index (χ0n) is 15.3. The second kappa shape index (κ2) is 7.38. The van der Waals surface area contributed by atoms with Gasteiger partial charge in [0.1, 0.15) is 5.69 Å². The van der Waals surface area contributed by atoms with Crippen molar-refractivity contribution in [2.75, 3.05) is 5.32 Å². The number of halogens is 1.